The van der Waals surface area contributed by atoms with Gasteiger partial charge >= 0.3 is 0 Å². The second-order valence-corrected chi connectivity index (χ2v) is 13.7. The Morgan fingerprint density at radius 3 is 1.89 bits per heavy atom. The summed E-state index contributed by atoms with van der Waals surface area (Å²) >= 11 is 1.24. The molecule has 0 spiro atoms. The van der Waals surface area contributed by atoms with Crippen LogP contribution in [0.25, 0.3) is 10.1 Å². The van der Waals surface area contributed by atoms with E-state index in [9.17, 15) is 18.0 Å². The maximum atomic E-state index is 13.5. The van der Waals surface area contributed by atoms with Crippen molar-refractivity contribution >= 4 is 60.3 Å². The summed E-state index contributed by atoms with van der Waals surface area (Å²) in [7, 11) is 2.19. The lowest BCUT2D eigenvalue weighted by atomic mass is 9.86. The molecule has 0 saturated heterocycles. The van der Waals surface area contributed by atoms with Crippen molar-refractivity contribution in [1.82, 2.24) is 0 Å². The number of sulfonamides is 1. The summed E-state index contributed by atoms with van der Waals surface area (Å²) in [6.45, 7) is 5.93. The predicted molar refractivity (Wildman–Crippen MR) is 174 cm³/mol. The molecule has 1 aromatic heterocycles. The molecule has 0 saturated carbocycles. The zero-order valence-electron chi connectivity index (χ0n) is 25.7. The first-order valence-corrected chi connectivity index (χ1v) is 16.1. The number of anilines is 3. The summed E-state index contributed by atoms with van der Waals surface area (Å²) in [5.74, 6) is 0.379. The van der Waals surface area contributed by atoms with E-state index in [1.54, 1.807) is 42.5 Å². The molecule has 0 aliphatic heterocycles. The van der Waals surface area contributed by atoms with Crippen LogP contribution in [0.15, 0.2) is 48.5 Å². The number of rotatable bonds is 10. The molecule has 1 heterocycles. The first-order chi connectivity index (χ1) is 20.7. The molecular formula is C31H35N3O8S2. The normalized spacial score (nSPS) is 11.5. The number of carbonyl (C=O) groups excluding carboxylic acids is 2. The Hall–Kier alpha value is -4.49. The second kappa shape index (κ2) is 12.6. The molecular weight excluding hydrogens is 606 g/mol. The summed E-state index contributed by atoms with van der Waals surface area (Å²) in [4.78, 5) is 27.2. The van der Waals surface area contributed by atoms with Crippen molar-refractivity contribution in [2.45, 2.75) is 26.2 Å². The van der Waals surface area contributed by atoms with Gasteiger partial charge in [0.25, 0.3) is 11.8 Å². The number of methoxy groups -OCH3 is 4. The summed E-state index contributed by atoms with van der Waals surface area (Å²) < 4.78 is 49.0. The molecule has 0 aliphatic rings. The molecule has 2 amide bonds. The predicted octanol–water partition coefficient (Wildman–Crippen LogP) is 6.11. The topological polar surface area (TPSA) is 141 Å². The maximum absolute atomic E-state index is 13.5. The molecule has 4 rings (SSSR count). The highest BCUT2D eigenvalue weighted by Gasteiger charge is 2.24. The third kappa shape index (κ3) is 7.00. The van der Waals surface area contributed by atoms with Crippen LogP contribution in [0, 0.1) is 0 Å². The molecule has 11 nitrogen and oxygen atoms in total. The molecule has 3 aromatic carbocycles. The van der Waals surface area contributed by atoms with E-state index in [-0.39, 0.29) is 22.4 Å². The van der Waals surface area contributed by atoms with Crippen molar-refractivity contribution in [3.63, 3.8) is 0 Å². The van der Waals surface area contributed by atoms with E-state index in [1.807, 2.05) is 26.8 Å². The van der Waals surface area contributed by atoms with Gasteiger partial charge in [-0.3, -0.25) is 14.3 Å². The Balaban J connectivity index is 1.68. The number of benzene rings is 3. The summed E-state index contributed by atoms with van der Waals surface area (Å²) in [5.41, 5.74) is 1.74. The number of hydrogen-bond acceptors (Lipinski definition) is 9. The summed E-state index contributed by atoms with van der Waals surface area (Å²) in [6, 6.07) is 13.6. The van der Waals surface area contributed by atoms with Crippen molar-refractivity contribution in [1.29, 1.82) is 0 Å². The molecule has 0 unspecified atom stereocenters. The molecule has 0 atom stereocenters. The monoisotopic (exact) mass is 641 g/mol. The van der Waals surface area contributed by atoms with E-state index in [1.165, 1.54) is 39.8 Å². The van der Waals surface area contributed by atoms with E-state index < -0.39 is 21.8 Å². The van der Waals surface area contributed by atoms with Crippen LogP contribution in [0.2, 0.25) is 0 Å². The van der Waals surface area contributed by atoms with Gasteiger partial charge in [0.1, 0.15) is 0 Å². The van der Waals surface area contributed by atoms with Crippen molar-refractivity contribution in [3.8, 4) is 23.0 Å². The number of hydrogen-bond donors (Lipinski definition) is 3. The number of amides is 2. The fourth-order valence-electron chi connectivity index (χ4n) is 4.52. The van der Waals surface area contributed by atoms with Crippen LogP contribution in [0.5, 0.6) is 23.0 Å². The average Bonchev–Trinajstić information content (AvgIpc) is 3.40. The van der Waals surface area contributed by atoms with Gasteiger partial charge in [-0.05, 0) is 53.4 Å². The number of carbonyl (C=O) groups is 2. The van der Waals surface area contributed by atoms with E-state index >= 15 is 0 Å². The van der Waals surface area contributed by atoms with Crippen LogP contribution >= 0.6 is 11.3 Å². The fourth-order valence-corrected chi connectivity index (χ4v) is 6.06. The van der Waals surface area contributed by atoms with Crippen molar-refractivity contribution in [3.05, 3.63) is 64.5 Å². The van der Waals surface area contributed by atoms with Crippen LogP contribution in [0.1, 0.15) is 46.4 Å². The second-order valence-electron chi connectivity index (χ2n) is 10.9. The molecule has 4 aromatic rings. The molecule has 13 heteroatoms. The Morgan fingerprint density at radius 2 is 1.34 bits per heavy atom. The molecule has 0 bridgehead atoms. The standard InChI is InChI=1S/C31H35N3O8S2/c1-31(2,3)18-14-21(27(41-6)22(15-18)34-44(8,37)38)33-30(36)26-16-19-20(10-9-11-25(19)43-26)32-29(35)17-12-23(39-4)28(42-7)24(13-17)40-5/h9-16,34H,1-8H3,(H,32,35)(H,33,36). The van der Waals surface area contributed by atoms with Crippen LogP contribution < -0.4 is 34.3 Å². The quantitative estimate of drug-likeness (QED) is 0.188. The lowest BCUT2D eigenvalue weighted by molar-refractivity contribution is 0.102. The number of thiophene rings is 1. The van der Waals surface area contributed by atoms with Gasteiger partial charge in [0.15, 0.2) is 17.2 Å². The summed E-state index contributed by atoms with van der Waals surface area (Å²) in [6.07, 6.45) is 1.05. The fraction of sp³-hybridized carbons (Fsp3) is 0.290. The van der Waals surface area contributed by atoms with Crippen LogP contribution in [0.3, 0.4) is 0 Å². The van der Waals surface area contributed by atoms with E-state index in [0.717, 1.165) is 16.5 Å². The third-order valence-electron chi connectivity index (χ3n) is 6.66. The van der Waals surface area contributed by atoms with Gasteiger partial charge in [0, 0.05) is 21.3 Å². The van der Waals surface area contributed by atoms with Gasteiger partial charge in [-0.2, -0.15) is 0 Å². The zero-order chi connectivity index (χ0) is 32.4. The van der Waals surface area contributed by atoms with Crippen LogP contribution in [-0.2, 0) is 15.4 Å². The molecule has 3 N–H and O–H groups in total. The van der Waals surface area contributed by atoms with Crippen molar-refractivity contribution in [2.75, 3.05) is 50.1 Å². The lowest BCUT2D eigenvalue weighted by Crippen LogP contribution is -2.18. The summed E-state index contributed by atoms with van der Waals surface area (Å²) in [5, 5.41) is 6.46. The molecule has 234 valence electrons. The molecule has 44 heavy (non-hydrogen) atoms. The Bertz CT molecular complexity index is 1820. The van der Waals surface area contributed by atoms with Gasteiger partial charge in [-0.25, -0.2) is 8.42 Å². The highest BCUT2D eigenvalue weighted by Crippen LogP contribution is 2.41. The first-order valence-electron chi connectivity index (χ1n) is 13.3. The molecule has 0 fully saturated rings. The van der Waals surface area contributed by atoms with Gasteiger partial charge in [0.05, 0.1) is 50.9 Å². The first kappa shape index (κ1) is 32.4. The van der Waals surface area contributed by atoms with Crippen LogP contribution in [-0.4, -0.2) is 54.9 Å². The number of ether oxygens (including phenoxy) is 4. The third-order valence-corrected chi connectivity index (χ3v) is 8.35. The molecule has 0 radical (unpaired) electrons. The smallest absolute Gasteiger partial charge is 0.265 e. The van der Waals surface area contributed by atoms with Crippen molar-refractivity contribution in [2.24, 2.45) is 0 Å². The Kier molecular flexibility index (Phi) is 9.30. The van der Waals surface area contributed by atoms with Crippen molar-refractivity contribution < 1.29 is 37.0 Å². The van der Waals surface area contributed by atoms with E-state index in [4.69, 9.17) is 18.9 Å². The average molecular weight is 642 g/mol. The van der Waals surface area contributed by atoms with Crippen LogP contribution in [0.4, 0.5) is 17.1 Å². The number of nitrogens with one attached hydrogen (secondary N) is 3. The number of fused-ring (bicyclic) bond motifs is 1. The highest BCUT2D eigenvalue weighted by molar-refractivity contribution is 7.92. The Morgan fingerprint density at radius 1 is 0.750 bits per heavy atom. The largest absolute Gasteiger partial charge is 0.493 e. The van der Waals surface area contributed by atoms with E-state index in [2.05, 4.69) is 15.4 Å². The van der Waals surface area contributed by atoms with Gasteiger partial charge < -0.3 is 29.6 Å². The minimum atomic E-state index is -3.63. The van der Waals surface area contributed by atoms with E-state index in [0.29, 0.717) is 38.9 Å². The maximum Gasteiger partial charge on any atom is 0.265 e. The Labute approximate surface area is 260 Å². The van der Waals surface area contributed by atoms with Gasteiger partial charge in [-0.15, -0.1) is 11.3 Å². The van der Waals surface area contributed by atoms with Gasteiger partial charge in [0.2, 0.25) is 15.8 Å². The highest BCUT2D eigenvalue weighted by atomic mass is 32.2. The van der Waals surface area contributed by atoms with Gasteiger partial charge in [-0.1, -0.05) is 26.8 Å². The lowest BCUT2D eigenvalue weighted by Gasteiger charge is -2.23. The molecule has 0 aliphatic carbocycles. The SMILES string of the molecule is COc1cc(C(=O)Nc2cccc3sc(C(=O)Nc4cc(C(C)(C)C)cc(NS(C)(=O)=O)c4OC)cc23)cc(OC)c1OC. The minimum Gasteiger partial charge on any atom is -0.493 e. The zero-order valence-corrected chi connectivity index (χ0v) is 27.3. The minimum absolute atomic E-state index is 0.177.